The zero-order valence-electron chi connectivity index (χ0n) is 17.1. The first kappa shape index (κ1) is 22.0. The second-order valence-corrected chi connectivity index (χ2v) is 8.08. The van der Waals surface area contributed by atoms with Crippen molar-refractivity contribution >= 4 is 40.2 Å². The summed E-state index contributed by atoms with van der Waals surface area (Å²) in [6.07, 6.45) is 0. The average molecular weight is 440 g/mol. The molecule has 10 heteroatoms. The van der Waals surface area contributed by atoms with Gasteiger partial charge in [0.25, 0.3) is 5.91 Å². The Hall–Kier alpha value is -3.71. The van der Waals surface area contributed by atoms with E-state index in [1.165, 1.54) is 0 Å². The fourth-order valence-electron chi connectivity index (χ4n) is 3.18. The van der Waals surface area contributed by atoms with E-state index in [-0.39, 0.29) is 6.61 Å². The van der Waals surface area contributed by atoms with Crippen molar-refractivity contribution in [3.05, 3.63) is 51.9 Å². The Morgan fingerprint density at radius 2 is 1.97 bits per heavy atom. The van der Waals surface area contributed by atoms with Crippen LogP contribution >= 0.6 is 11.3 Å². The molecule has 0 saturated carbocycles. The number of amides is 4. The maximum atomic E-state index is 12.9. The van der Waals surface area contributed by atoms with E-state index < -0.39 is 35.9 Å². The van der Waals surface area contributed by atoms with Gasteiger partial charge in [-0.25, -0.2) is 9.59 Å². The number of hydrogen-bond acceptors (Lipinski definition) is 7. The first-order valence-electron chi connectivity index (χ1n) is 9.41. The number of anilines is 1. The second-order valence-electron chi connectivity index (χ2n) is 7.03. The number of hydrogen-bond donors (Lipinski definition) is 2. The van der Waals surface area contributed by atoms with Crippen molar-refractivity contribution in [3.63, 3.8) is 0 Å². The summed E-state index contributed by atoms with van der Waals surface area (Å²) in [7, 11) is 0. The summed E-state index contributed by atoms with van der Waals surface area (Å²) in [5.74, 6) is -1.63. The van der Waals surface area contributed by atoms with Crippen LogP contribution in [0.25, 0.3) is 0 Å². The van der Waals surface area contributed by atoms with Crippen molar-refractivity contribution in [1.82, 2.24) is 10.2 Å². The zero-order valence-corrected chi connectivity index (χ0v) is 18.0. The first-order valence-corrected chi connectivity index (χ1v) is 10.2. The summed E-state index contributed by atoms with van der Waals surface area (Å²) >= 11 is 1.06. The molecule has 1 aliphatic rings. The lowest BCUT2D eigenvalue weighted by molar-refractivity contribution is -0.133. The molecule has 0 spiro atoms. The molecule has 1 aromatic heterocycles. The Balaban J connectivity index is 1.71. The van der Waals surface area contributed by atoms with Crippen molar-refractivity contribution in [1.29, 1.82) is 5.26 Å². The predicted octanol–water partition coefficient (Wildman–Crippen LogP) is 2.51. The van der Waals surface area contributed by atoms with E-state index in [1.807, 2.05) is 6.07 Å². The molecule has 160 valence electrons. The maximum absolute atomic E-state index is 12.9. The van der Waals surface area contributed by atoms with Crippen LogP contribution in [0.5, 0.6) is 0 Å². The summed E-state index contributed by atoms with van der Waals surface area (Å²) < 4.78 is 4.98. The van der Waals surface area contributed by atoms with Crippen LogP contribution in [-0.4, -0.2) is 41.9 Å². The molecule has 1 aromatic carbocycles. The third-order valence-corrected chi connectivity index (χ3v) is 5.94. The Morgan fingerprint density at radius 1 is 1.29 bits per heavy atom. The van der Waals surface area contributed by atoms with Gasteiger partial charge in [-0.15, -0.1) is 11.3 Å². The Labute approximate surface area is 182 Å². The van der Waals surface area contributed by atoms with Crippen molar-refractivity contribution in [3.8, 4) is 6.07 Å². The molecule has 3 rings (SSSR count). The fraction of sp³-hybridized carbons (Fsp3) is 0.286. The smallest absolute Gasteiger partial charge is 0.348 e. The van der Waals surface area contributed by atoms with Gasteiger partial charge in [-0.3, -0.25) is 14.5 Å². The van der Waals surface area contributed by atoms with E-state index in [2.05, 4.69) is 10.6 Å². The molecule has 2 N–H and O–H groups in total. The molecule has 1 saturated heterocycles. The lowest BCUT2D eigenvalue weighted by atomic mass is 9.91. The molecule has 0 radical (unpaired) electrons. The molecule has 2 heterocycles. The summed E-state index contributed by atoms with van der Waals surface area (Å²) in [6.45, 7) is 4.72. The summed E-state index contributed by atoms with van der Waals surface area (Å²) in [6, 6.07) is 9.21. The van der Waals surface area contributed by atoms with E-state index in [4.69, 9.17) is 10.00 Å². The lowest BCUT2D eigenvalue weighted by Crippen LogP contribution is -2.42. The standard InChI is InChI=1S/C21H20N4O5S/c1-4-30-18(27)17-12(2)9-16(31-17)23-15(26)11-25-19(28)21(3,24-20(25)29)14-7-5-13(10-22)6-8-14/h5-9H,4,11H2,1-3H3,(H,23,26)(H,24,29)/t21-/m0/s1. The van der Waals surface area contributed by atoms with Gasteiger partial charge in [0.05, 0.1) is 23.2 Å². The van der Waals surface area contributed by atoms with Crippen LogP contribution in [0.2, 0.25) is 0 Å². The molecule has 1 aliphatic heterocycles. The lowest BCUT2D eigenvalue weighted by Gasteiger charge is -2.22. The Bertz CT molecular complexity index is 1100. The molecular weight excluding hydrogens is 420 g/mol. The molecule has 0 aliphatic carbocycles. The highest BCUT2D eigenvalue weighted by atomic mass is 32.1. The minimum Gasteiger partial charge on any atom is -0.462 e. The van der Waals surface area contributed by atoms with Gasteiger partial charge in [-0.2, -0.15) is 5.26 Å². The van der Waals surface area contributed by atoms with E-state index in [1.54, 1.807) is 51.1 Å². The van der Waals surface area contributed by atoms with Gasteiger partial charge in [0.1, 0.15) is 17.0 Å². The number of urea groups is 1. The van der Waals surface area contributed by atoms with Crippen LogP contribution in [0.1, 0.15) is 40.2 Å². The number of carbonyl (C=O) groups excluding carboxylic acids is 4. The summed E-state index contributed by atoms with van der Waals surface area (Å²) in [4.78, 5) is 51.0. The molecule has 0 unspecified atom stereocenters. The molecule has 4 amide bonds. The SMILES string of the molecule is CCOC(=O)c1sc(NC(=O)CN2C(=O)N[C@@](C)(c3ccc(C#N)cc3)C2=O)cc1C. The topological polar surface area (TPSA) is 129 Å². The van der Waals surface area contributed by atoms with Gasteiger partial charge < -0.3 is 15.4 Å². The number of nitriles is 1. The van der Waals surface area contributed by atoms with Gasteiger partial charge in [0, 0.05) is 0 Å². The highest BCUT2D eigenvalue weighted by Gasteiger charge is 2.49. The molecule has 9 nitrogen and oxygen atoms in total. The van der Waals surface area contributed by atoms with Crippen LogP contribution in [0.3, 0.4) is 0 Å². The number of esters is 1. The van der Waals surface area contributed by atoms with Gasteiger partial charge >= 0.3 is 12.0 Å². The van der Waals surface area contributed by atoms with Gasteiger partial charge in [0.15, 0.2) is 0 Å². The second kappa shape index (κ2) is 8.57. The quantitative estimate of drug-likeness (QED) is 0.525. The Morgan fingerprint density at radius 3 is 2.58 bits per heavy atom. The number of rotatable bonds is 6. The van der Waals surface area contributed by atoms with Crippen LogP contribution in [0.4, 0.5) is 9.80 Å². The monoisotopic (exact) mass is 440 g/mol. The van der Waals surface area contributed by atoms with Crippen LogP contribution in [0, 0.1) is 18.3 Å². The largest absolute Gasteiger partial charge is 0.462 e. The van der Waals surface area contributed by atoms with Crippen molar-refractivity contribution in [2.45, 2.75) is 26.3 Å². The van der Waals surface area contributed by atoms with E-state index in [0.717, 1.165) is 16.2 Å². The van der Waals surface area contributed by atoms with Crippen molar-refractivity contribution in [2.24, 2.45) is 0 Å². The van der Waals surface area contributed by atoms with E-state index in [9.17, 15) is 19.2 Å². The van der Waals surface area contributed by atoms with Crippen molar-refractivity contribution in [2.75, 3.05) is 18.5 Å². The highest BCUT2D eigenvalue weighted by Crippen LogP contribution is 2.30. The average Bonchev–Trinajstić information content (AvgIpc) is 3.20. The minimum atomic E-state index is -1.35. The summed E-state index contributed by atoms with van der Waals surface area (Å²) in [5.41, 5.74) is 0.235. The summed E-state index contributed by atoms with van der Waals surface area (Å²) in [5, 5.41) is 14.6. The van der Waals surface area contributed by atoms with Crippen LogP contribution in [-0.2, 0) is 19.9 Å². The number of carbonyl (C=O) groups is 4. The van der Waals surface area contributed by atoms with Gasteiger partial charge in [0.2, 0.25) is 5.91 Å². The molecule has 2 aromatic rings. The molecule has 0 bridgehead atoms. The fourth-order valence-corrected chi connectivity index (χ4v) is 4.16. The van der Waals surface area contributed by atoms with Crippen LogP contribution < -0.4 is 10.6 Å². The number of thiophene rings is 1. The third-order valence-electron chi connectivity index (χ3n) is 4.81. The minimum absolute atomic E-state index is 0.238. The number of nitrogens with zero attached hydrogens (tertiary/aromatic N) is 2. The third kappa shape index (κ3) is 4.27. The van der Waals surface area contributed by atoms with Gasteiger partial charge in [-0.1, -0.05) is 12.1 Å². The molecule has 1 fully saturated rings. The number of ether oxygens (including phenoxy) is 1. The van der Waals surface area contributed by atoms with Crippen LogP contribution in [0.15, 0.2) is 30.3 Å². The number of aryl methyl sites for hydroxylation is 1. The normalized spacial score (nSPS) is 17.8. The van der Waals surface area contributed by atoms with Crippen molar-refractivity contribution < 1.29 is 23.9 Å². The highest BCUT2D eigenvalue weighted by molar-refractivity contribution is 7.18. The maximum Gasteiger partial charge on any atom is 0.348 e. The van der Waals surface area contributed by atoms with E-state index in [0.29, 0.717) is 26.6 Å². The molecular formula is C21H20N4O5S. The van der Waals surface area contributed by atoms with E-state index >= 15 is 0 Å². The number of benzene rings is 1. The number of imide groups is 1. The van der Waals surface area contributed by atoms with Gasteiger partial charge in [-0.05, 0) is 50.1 Å². The zero-order chi connectivity index (χ0) is 22.8. The molecule has 31 heavy (non-hydrogen) atoms. The number of nitrogens with one attached hydrogen (secondary N) is 2. The molecule has 1 atom stereocenters. The Kier molecular flexibility index (Phi) is 6.08. The first-order chi connectivity index (χ1) is 14.7. The predicted molar refractivity (Wildman–Crippen MR) is 112 cm³/mol.